The molecule has 0 aliphatic carbocycles. The number of carbonyl (C=O) groups excluding carboxylic acids is 1. The van der Waals surface area contributed by atoms with Crippen molar-refractivity contribution in [2.24, 2.45) is 5.73 Å². The van der Waals surface area contributed by atoms with Crippen LogP contribution in [0.4, 0.5) is 0 Å². The fourth-order valence-electron chi connectivity index (χ4n) is 2.14. The molecule has 4 N–H and O–H groups in total. The van der Waals surface area contributed by atoms with E-state index < -0.39 is 0 Å². The molecule has 16 heavy (non-hydrogen) atoms. The van der Waals surface area contributed by atoms with Crippen molar-refractivity contribution in [1.82, 2.24) is 10.6 Å². The summed E-state index contributed by atoms with van der Waals surface area (Å²) in [5.41, 5.74) is 5.64. The lowest BCUT2D eigenvalue weighted by atomic mass is 10.1. The van der Waals surface area contributed by atoms with Gasteiger partial charge in [-0.1, -0.05) is 19.8 Å². The minimum atomic E-state index is 0.144. The molecule has 1 heterocycles. The molecular weight excluding hydrogens is 202 g/mol. The second-order valence-electron chi connectivity index (χ2n) is 4.64. The van der Waals surface area contributed by atoms with Gasteiger partial charge in [-0.05, 0) is 25.8 Å². The van der Waals surface area contributed by atoms with E-state index in [-0.39, 0.29) is 11.9 Å². The van der Waals surface area contributed by atoms with E-state index in [0.29, 0.717) is 19.0 Å². The molecule has 0 aromatic heterocycles. The summed E-state index contributed by atoms with van der Waals surface area (Å²) in [7, 11) is 0. The molecule has 0 radical (unpaired) electrons. The van der Waals surface area contributed by atoms with Gasteiger partial charge in [-0.15, -0.1) is 0 Å². The summed E-state index contributed by atoms with van der Waals surface area (Å²) in [5.74, 6) is 0.144. The SMILES string of the molecule is CCCCC(CN)NC(=O)CC1CCCN1. The highest BCUT2D eigenvalue weighted by Gasteiger charge is 2.18. The van der Waals surface area contributed by atoms with E-state index in [9.17, 15) is 4.79 Å². The quantitative estimate of drug-likeness (QED) is 0.601. The fraction of sp³-hybridized carbons (Fsp3) is 0.917. The van der Waals surface area contributed by atoms with Crippen LogP contribution in [0.25, 0.3) is 0 Å². The molecule has 1 saturated heterocycles. The van der Waals surface area contributed by atoms with E-state index in [2.05, 4.69) is 17.6 Å². The summed E-state index contributed by atoms with van der Waals surface area (Å²) in [4.78, 5) is 11.7. The summed E-state index contributed by atoms with van der Waals surface area (Å²) in [6.45, 7) is 3.75. The number of hydrogen-bond donors (Lipinski definition) is 3. The average Bonchev–Trinajstić information content (AvgIpc) is 2.76. The van der Waals surface area contributed by atoms with Crippen molar-refractivity contribution in [2.75, 3.05) is 13.1 Å². The Labute approximate surface area is 98.3 Å². The topological polar surface area (TPSA) is 67.1 Å². The van der Waals surface area contributed by atoms with E-state index in [0.717, 1.165) is 32.2 Å². The van der Waals surface area contributed by atoms with Crippen LogP contribution in [-0.2, 0) is 4.79 Å². The highest BCUT2D eigenvalue weighted by atomic mass is 16.1. The maximum atomic E-state index is 11.7. The molecule has 4 nitrogen and oxygen atoms in total. The van der Waals surface area contributed by atoms with Crippen molar-refractivity contribution < 1.29 is 4.79 Å². The van der Waals surface area contributed by atoms with E-state index >= 15 is 0 Å². The standard InChI is InChI=1S/C12H25N3O/c1-2-3-5-11(9-13)15-12(16)8-10-6-4-7-14-10/h10-11,14H,2-9,13H2,1H3,(H,15,16). The van der Waals surface area contributed by atoms with Crippen LogP contribution < -0.4 is 16.4 Å². The molecule has 1 aliphatic heterocycles. The van der Waals surface area contributed by atoms with Gasteiger partial charge in [-0.2, -0.15) is 0 Å². The minimum absolute atomic E-state index is 0.144. The van der Waals surface area contributed by atoms with Gasteiger partial charge >= 0.3 is 0 Å². The first-order valence-electron chi connectivity index (χ1n) is 6.49. The molecular formula is C12H25N3O. The lowest BCUT2D eigenvalue weighted by Crippen LogP contribution is -2.42. The summed E-state index contributed by atoms with van der Waals surface area (Å²) in [6.07, 6.45) is 6.18. The second kappa shape index (κ2) is 7.63. The smallest absolute Gasteiger partial charge is 0.221 e. The van der Waals surface area contributed by atoms with E-state index in [1.165, 1.54) is 6.42 Å². The van der Waals surface area contributed by atoms with Gasteiger partial charge in [0.1, 0.15) is 0 Å². The molecule has 1 rings (SSSR count). The Balaban J connectivity index is 2.19. The predicted molar refractivity (Wildman–Crippen MR) is 66.2 cm³/mol. The predicted octanol–water partition coefficient (Wildman–Crippen LogP) is 0.762. The Kier molecular flexibility index (Phi) is 6.42. The van der Waals surface area contributed by atoms with Crippen molar-refractivity contribution in [3.63, 3.8) is 0 Å². The molecule has 0 aromatic carbocycles. The van der Waals surface area contributed by atoms with Crippen LogP contribution in [0.1, 0.15) is 45.4 Å². The maximum absolute atomic E-state index is 11.7. The van der Waals surface area contributed by atoms with Gasteiger partial charge in [0.2, 0.25) is 5.91 Å². The van der Waals surface area contributed by atoms with Gasteiger partial charge < -0.3 is 16.4 Å². The normalized spacial score (nSPS) is 22.0. The molecule has 0 spiro atoms. The maximum Gasteiger partial charge on any atom is 0.221 e. The zero-order valence-electron chi connectivity index (χ0n) is 10.3. The third-order valence-corrected chi connectivity index (χ3v) is 3.15. The van der Waals surface area contributed by atoms with Gasteiger partial charge in [0, 0.05) is 25.0 Å². The molecule has 0 aromatic rings. The molecule has 1 aliphatic rings. The van der Waals surface area contributed by atoms with E-state index in [1.807, 2.05) is 0 Å². The van der Waals surface area contributed by atoms with Crippen molar-refractivity contribution in [1.29, 1.82) is 0 Å². The zero-order chi connectivity index (χ0) is 11.8. The summed E-state index contributed by atoms with van der Waals surface area (Å²) in [6, 6.07) is 0.540. The van der Waals surface area contributed by atoms with Crippen molar-refractivity contribution >= 4 is 5.91 Å². The lowest BCUT2D eigenvalue weighted by molar-refractivity contribution is -0.122. The average molecular weight is 227 g/mol. The number of nitrogens with two attached hydrogens (primary N) is 1. The van der Waals surface area contributed by atoms with Crippen LogP contribution in [0.15, 0.2) is 0 Å². The Hall–Kier alpha value is -0.610. The van der Waals surface area contributed by atoms with Crippen LogP contribution in [0.2, 0.25) is 0 Å². The first-order valence-corrected chi connectivity index (χ1v) is 6.49. The molecule has 0 bridgehead atoms. The Morgan fingerprint density at radius 2 is 2.44 bits per heavy atom. The molecule has 1 amide bonds. The Morgan fingerprint density at radius 1 is 1.62 bits per heavy atom. The minimum Gasteiger partial charge on any atom is -0.352 e. The first-order chi connectivity index (χ1) is 7.76. The molecule has 4 heteroatoms. The third kappa shape index (κ3) is 4.94. The number of rotatable bonds is 7. The van der Waals surface area contributed by atoms with E-state index in [4.69, 9.17) is 5.73 Å². The highest BCUT2D eigenvalue weighted by Crippen LogP contribution is 2.08. The van der Waals surface area contributed by atoms with Gasteiger partial charge in [0.25, 0.3) is 0 Å². The molecule has 2 unspecified atom stereocenters. The second-order valence-corrected chi connectivity index (χ2v) is 4.64. The molecule has 94 valence electrons. The summed E-state index contributed by atoms with van der Waals surface area (Å²) < 4.78 is 0. The van der Waals surface area contributed by atoms with E-state index in [1.54, 1.807) is 0 Å². The van der Waals surface area contributed by atoms with Crippen LogP contribution >= 0.6 is 0 Å². The summed E-state index contributed by atoms with van der Waals surface area (Å²) >= 11 is 0. The van der Waals surface area contributed by atoms with Crippen molar-refractivity contribution in [2.45, 2.75) is 57.5 Å². The number of amides is 1. The van der Waals surface area contributed by atoms with Gasteiger partial charge in [-0.25, -0.2) is 0 Å². The number of unbranched alkanes of at least 4 members (excludes halogenated alkanes) is 1. The zero-order valence-corrected chi connectivity index (χ0v) is 10.3. The molecule has 0 saturated carbocycles. The molecule has 1 fully saturated rings. The van der Waals surface area contributed by atoms with Crippen LogP contribution in [0.5, 0.6) is 0 Å². The fourth-order valence-corrected chi connectivity index (χ4v) is 2.14. The number of carbonyl (C=O) groups is 1. The first kappa shape index (κ1) is 13.5. The van der Waals surface area contributed by atoms with Crippen LogP contribution in [0, 0.1) is 0 Å². The highest BCUT2D eigenvalue weighted by molar-refractivity contribution is 5.76. The third-order valence-electron chi connectivity index (χ3n) is 3.15. The van der Waals surface area contributed by atoms with Crippen molar-refractivity contribution in [3.05, 3.63) is 0 Å². The lowest BCUT2D eigenvalue weighted by Gasteiger charge is -2.18. The summed E-state index contributed by atoms with van der Waals surface area (Å²) in [5, 5.41) is 6.35. The molecule has 2 atom stereocenters. The Bertz CT molecular complexity index is 202. The van der Waals surface area contributed by atoms with Gasteiger partial charge in [0.15, 0.2) is 0 Å². The monoisotopic (exact) mass is 227 g/mol. The van der Waals surface area contributed by atoms with Crippen LogP contribution in [0.3, 0.4) is 0 Å². The Morgan fingerprint density at radius 3 is 3.00 bits per heavy atom. The van der Waals surface area contributed by atoms with Gasteiger partial charge in [0.05, 0.1) is 0 Å². The number of nitrogens with one attached hydrogen (secondary N) is 2. The van der Waals surface area contributed by atoms with Crippen molar-refractivity contribution in [3.8, 4) is 0 Å². The largest absolute Gasteiger partial charge is 0.352 e. The van der Waals surface area contributed by atoms with Crippen LogP contribution in [-0.4, -0.2) is 31.1 Å². The van der Waals surface area contributed by atoms with Gasteiger partial charge in [-0.3, -0.25) is 4.79 Å². The number of hydrogen-bond acceptors (Lipinski definition) is 3.